The first-order valence-electron chi connectivity index (χ1n) is 6.28. The summed E-state index contributed by atoms with van der Waals surface area (Å²) in [7, 11) is 0. The molecule has 6 heteroatoms. The maximum absolute atomic E-state index is 11.8. The largest absolute Gasteiger partial charge is 0.452 e. The molecule has 0 fully saturated rings. The fourth-order valence-corrected chi connectivity index (χ4v) is 1.59. The molecule has 0 unspecified atom stereocenters. The molecule has 0 spiro atoms. The van der Waals surface area contributed by atoms with Gasteiger partial charge in [0.2, 0.25) is 0 Å². The second-order valence-corrected chi connectivity index (χ2v) is 5.53. The normalized spacial score (nSPS) is 11.0. The highest BCUT2D eigenvalue weighted by Gasteiger charge is 2.19. The molecule has 1 aromatic carbocycles. The van der Waals surface area contributed by atoms with Crippen LogP contribution >= 0.6 is 11.6 Å². The third kappa shape index (κ3) is 4.74. The van der Waals surface area contributed by atoms with Crippen LogP contribution in [0.5, 0.6) is 0 Å². The van der Waals surface area contributed by atoms with Crippen LogP contribution in [0.1, 0.15) is 37.6 Å². The summed E-state index contributed by atoms with van der Waals surface area (Å²) < 4.78 is 4.93. The molecule has 0 saturated heterocycles. The fourth-order valence-electron chi connectivity index (χ4n) is 1.42. The molecule has 110 valence electrons. The van der Waals surface area contributed by atoms with Gasteiger partial charge < -0.3 is 15.8 Å². The second-order valence-electron chi connectivity index (χ2n) is 5.09. The number of nitrogens with one attached hydrogen (secondary N) is 1. The van der Waals surface area contributed by atoms with Crippen molar-refractivity contribution in [2.24, 2.45) is 0 Å². The van der Waals surface area contributed by atoms with Gasteiger partial charge in [-0.05, 0) is 38.5 Å². The van der Waals surface area contributed by atoms with Crippen LogP contribution in [-0.2, 0) is 9.53 Å². The van der Waals surface area contributed by atoms with Gasteiger partial charge >= 0.3 is 5.97 Å². The smallest absolute Gasteiger partial charge is 0.340 e. The summed E-state index contributed by atoms with van der Waals surface area (Å²) in [5.74, 6) is -1.03. The van der Waals surface area contributed by atoms with Gasteiger partial charge in [0.05, 0.1) is 5.56 Å². The van der Waals surface area contributed by atoms with Gasteiger partial charge in [0.1, 0.15) is 0 Å². The van der Waals surface area contributed by atoms with Crippen LogP contribution in [-0.4, -0.2) is 24.0 Å². The second kappa shape index (κ2) is 6.61. The first kappa shape index (κ1) is 16.3. The lowest BCUT2D eigenvalue weighted by atomic mass is 10.0. The minimum Gasteiger partial charge on any atom is -0.452 e. The Labute approximate surface area is 123 Å². The monoisotopic (exact) mass is 298 g/mol. The molecule has 1 aromatic rings. The summed E-state index contributed by atoms with van der Waals surface area (Å²) in [4.78, 5) is 23.5. The molecule has 20 heavy (non-hydrogen) atoms. The number of hydrogen-bond donors (Lipinski definition) is 2. The molecule has 1 rings (SSSR count). The number of benzene rings is 1. The summed E-state index contributed by atoms with van der Waals surface area (Å²) in [5, 5.41) is 3.14. The molecule has 0 heterocycles. The molecule has 0 atom stereocenters. The van der Waals surface area contributed by atoms with Crippen molar-refractivity contribution in [1.29, 1.82) is 0 Å². The minimum atomic E-state index is -0.672. The molecular weight excluding hydrogens is 280 g/mol. The van der Waals surface area contributed by atoms with E-state index in [0.29, 0.717) is 5.02 Å². The van der Waals surface area contributed by atoms with Crippen molar-refractivity contribution in [1.82, 2.24) is 5.32 Å². The highest BCUT2D eigenvalue weighted by molar-refractivity contribution is 6.31. The zero-order valence-corrected chi connectivity index (χ0v) is 12.6. The van der Waals surface area contributed by atoms with Gasteiger partial charge in [-0.2, -0.15) is 0 Å². The number of ether oxygens (including phenoxy) is 1. The first-order chi connectivity index (χ1) is 9.25. The summed E-state index contributed by atoms with van der Waals surface area (Å²) in [6.45, 7) is 5.39. The highest BCUT2D eigenvalue weighted by Crippen LogP contribution is 2.18. The fraction of sp³-hybridized carbons (Fsp3) is 0.429. The van der Waals surface area contributed by atoms with Gasteiger partial charge in [0.15, 0.2) is 6.61 Å². The van der Waals surface area contributed by atoms with Crippen molar-refractivity contribution in [3.05, 3.63) is 28.8 Å². The topological polar surface area (TPSA) is 81.4 Å². The van der Waals surface area contributed by atoms with E-state index in [4.69, 9.17) is 22.1 Å². The molecule has 0 aliphatic carbocycles. The van der Waals surface area contributed by atoms with Crippen LogP contribution in [0, 0.1) is 0 Å². The quantitative estimate of drug-likeness (QED) is 0.646. The standard InChI is InChI=1S/C14H19ClN2O3/c1-4-14(2,3)17-12(18)8-20-13(19)10-7-9(15)5-6-11(10)16/h5-7H,4,8,16H2,1-3H3,(H,17,18). The molecule has 0 aliphatic heterocycles. The average molecular weight is 299 g/mol. The number of anilines is 1. The lowest BCUT2D eigenvalue weighted by Gasteiger charge is -2.24. The van der Waals surface area contributed by atoms with E-state index in [1.807, 2.05) is 20.8 Å². The number of rotatable bonds is 5. The number of nitrogens with two attached hydrogens (primary N) is 1. The van der Waals surface area contributed by atoms with Gasteiger partial charge in [-0.15, -0.1) is 0 Å². The summed E-state index contributed by atoms with van der Waals surface area (Å²) in [6.07, 6.45) is 0.772. The molecule has 5 nitrogen and oxygen atoms in total. The van der Waals surface area contributed by atoms with Crippen molar-refractivity contribution < 1.29 is 14.3 Å². The Bertz CT molecular complexity index is 515. The Morgan fingerprint density at radius 3 is 2.65 bits per heavy atom. The number of amides is 1. The van der Waals surface area contributed by atoms with E-state index in [9.17, 15) is 9.59 Å². The summed E-state index contributed by atoms with van der Waals surface area (Å²) in [5.41, 5.74) is 5.74. The van der Waals surface area contributed by atoms with E-state index in [1.165, 1.54) is 12.1 Å². The van der Waals surface area contributed by atoms with Gasteiger partial charge in [-0.3, -0.25) is 4.79 Å². The van der Waals surface area contributed by atoms with E-state index in [-0.39, 0.29) is 29.3 Å². The van der Waals surface area contributed by atoms with Gasteiger partial charge in [0.25, 0.3) is 5.91 Å². The van der Waals surface area contributed by atoms with Crippen molar-refractivity contribution >= 4 is 29.2 Å². The zero-order chi connectivity index (χ0) is 15.3. The lowest BCUT2D eigenvalue weighted by Crippen LogP contribution is -2.44. The van der Waals surface area contributed by atoms with Crippen molar-refractivity contribution in [2.75, 3.05) is 12.3 Å². The number of halogens is 1. The van der Waals surface area contributed by atoms with Gasteiger partial charge in [0, 0.05) is 16.2 Å². The van der Waals surface area contributed by atoms with E-state index < -0.39 is 5.97 Å². The Balaban J connectivity index is 2.60. The van der Waals surface area contributed by atoms with E-state index >= 15 is 0 Å². The van der Waals surface area contributed by atoms with E-state index in [1.54, 1.807) is 6.07 Å². The van der Waals surface area contributed by atoms with Crippen molar-refractivity contribution in [3.63, 3.8) is 0 Å². The Morgan fingerprint density at radius 1 is 1.40 bits per heavy atom. The molecule has 1 amide bonds. The molecule has 0 aromatic heterocycles. The van der Waals surface area contributed by atoms with Crippen LogP contribution < -0.4 is 11.1 Å². The number of carbonyl (C=O) groups excluding carboxylic acids is 2. The van der Waals surface area contributed by atoms with Crippen LogP contribution in [0.25, 0.3) is 0 Å². The van der Waals surface area contributed by atoms with E-state index in [0.717, 1.165) is 6.42 Å². The predicted octanol–water partition coefficient (Wildman–Crippen LogP) is 2.38. The molecule has 0 bridgehead atoms. The van der Waals surface area contributed by atoms with Gasteiger partial charge in [-0.1, -0.05) is 18.5 Å². The first-order valence-corrected chi connectivity index (χ1v) is 6.66. The predicted molar refractivity (Wildman–Crippen MR) is 78.7 cm³/mol. The Kier molecular flexibility index (Phi) is 5.39. The summed E-state index contributed by atoms with van der Waals surface area (Å²) >= 11 is 5.79. The van der Waals surface area contributed by atoms with Crippen molar-refractivity contribution in [3.8, 4) is 0 Å². The maximum atomic E-state index is 11.8. The molecule has 0 radical (unpaired) electrons. The van der Waals surface area contributed by atoms with Crippen LogP contribution in [0.3, 0.4) is 0 Å². The van der Waals surface area contributed by atoms with Crippen LogP contribution in [0.4, 0.5) is 5.69 Å². The van der Waals surface area contributed by atoms with Crippen LogP contribution in [0.15, 0.2) is 18.2 Å². The molecule has 3 N–H and O–H groups in total. The SMILES string of the molecule is CCC(C)(C)NC(=O)COC(=O)c1cc(Cl)ccc1N. The lowest BCUT2D eigenvalue weighted by molar-refractivity contribution is -0.125. The molecule has 0 saturated carbocycles. The number of carbonyl (C=O) groups is 2. The number of nitrogen functional groups attached to an aromatic ring is 1. The maximum Gasteiger partial charge on any atom is 0.340 e. The molecule has 0 aliphatic rings. The molecular formula is C14H19ClN2O3. The minimum absolute atomic E-state index is 0.153. The number of esters is 1. The number of hydrogen-bond acceptors (Lipinski definition) is 4. The average Bonchev–Trinajstić information content (AvgIpc) is 2.38. The highest BCUT2D eigenvalue weighted by atomic mass is 35.5. The summed E-state index contributed by atoms with van der Waals surface area (Å²) in [6, 6.07) is 4.50. The Morgan fingerprint density at radius 2 is 2.05 bits per heavy atom. The van der Waals surface area contributed by atoms with Crippen LogP contribution in [0.2, 0.25) is 5.02 Å². The third-order valence-electron chi connectivity index (χ3n) is 2.93. The van der Waals surface area contributed by atoms with Gasteiger partial charge in [-0.25, -0.2) is 4.79 Å². The zero-order valence-electron chi connectivity index (χ0n) is 11.8. The Hall–Kier alpha value is -1.75. The third-order valence-corrected chi connectivity index (χ3v) is 3.17. The van der Waals surface area contributed by atoms with Crippen molar-refractivity contribution in [2.45, 2.75) is 32.7 Å². The van der Waals surface area contributed by atoms with E-state index in [2.05, 4.69) is 5.32 Å².